The largest absolute Gasteiger partial charge is 0.475 e. The van der Waals surface area contributed by atoms with Crippen LogP contribution in [0.1, 0.15) is 54.2 Å². The van der Waals surface area contributed by atoms with Gasteiger partial charge in [0.2, 0.25) is 5.82 Å². The van der Waals surface area contributed by atoms with Crippen LogP contribution < -0.4 is 0 Å². The molecule has 0 unspecified atom stereocenters. The van der Waals surface area contributed by atoms with Gasteiger partial charge in [-0.25, -0.2) is 14.8 Å². The van der Waals surface area contributed by atoms with Gasteiger partial charge < -0.3 is 5.11 Å². The Morgan fingerprint density at radius 1 is 1.10 bits per heavy atom. The lowest BCUT2D eigenvalue weighted by Gasteiger charge is -2.23. The predicted molar refractivity (Wildman–Crippen MR) is 80.3 cm³/mol. The van der Waals surface area contributed by atoms with Crippen LogP contribution in [-0.4, -0.2) is 21.0 Å². The summed E-state index contributed by atoms with van der Waals surface area (Å²) in [7, 11) is 0. The number of hydrogen-bond acceptors (Lipinski definition) is 3. The van der Waals surface area contributed by atoms with E-state index in [0.717, 1.165) is 29.7 Å². The summed E-state index contributed by atoms with van der Waals surface area (Å²) in [5, 5.41) is 9.13. The van der Waals surface area contributed by atoms with Crippen molar-refractivity contribution in [3.05, 3.63) is 47.9 Å². The Hall–Kier alpha value is -2.23. The Morgan fingerprint density at radius 3 is 2.48 bits per heavy atom. The smallest absolute Gasteiger partial charge is 0.373 e. The Balaban J connectivity index is 2.08. The molecule has 0 radical (unpaired) electrons. The van der Waals surface area contributed by atoms with Crippen molar-refractivity contribution >= 4 is 5.97 Å². The number of rotatable bonds is 3. The van der Waals surface area contributed by atoms with E-state index in [1.165, 1.54) is 19.3 Å². The quantitative estimate of drug-likeness (QED) is 0.927. The number of aromatic nitrogens is 2. The lowest BCUT2D eigenvalue weighted by atomic mass is 9.83. The molecule has 0 spiro atoms. The first-order chi connectivity index (χ1) is 10.3. The van der Waals surface area contributed by atoms with Crippen molar-refractivity contribution in [2.75, 3.05) is 0 Å². The predicted octanol–water partition coefficient (Wildman–Crippen LogP) is 3.89. The van der Waals surface area contributed by atoms with Crippen molar-refractivity contribution in [3.8, 4) is 11.3 Å². The highest BCUT2D eigenvalue weighted by molar-refractivity contribution is 5.84. The van der Waals surface area contributed by atoms with Crippen LogP contribution in [0.25, 0.3) is 11.3 Å². The number of aromatic carboxylic acids is 1. The molecule has 21 heavy (non-hydrogen) atoms. The second kappa shape index (κ2) is 6.04. The van der Waals surface area contributed by atoms with Crippen molar-refractivity contribution in [1.29, 1.82) is 0 Å². The number of carboxylic acids is 1. The van der Waals surface area contributed by atoms with E-state index in [2.05, 4.69) is 9.97 Å². The maximum absolute atomic E-state index is 11.1. The van der Waals surface area contributed by atoms with Crippen molar-refractivity contribution in [2.24, 2.45) is 0 Å². The third-order valence-corrected chi connectivity index (χ3v) is 4.10. The fourth-order valence-electron chi connectivity index (χ4n) is 3.03. The van der Waals surface area contributed by atoms with Gasteiger partial charge in [0.1, 0.15) is 0 Å². The Kier molecular flexibility index (Phi) is 3.95. The van der Waals surface area contributed by atoms with Crippen molar-refractivity contribution in [2.45, 2.75) is 38.0 Å². The number of nitrogens with zero attached hydrogens (tertiary/aromatic N) is 2. The molecule has 4 heteroatoms. The molecule has 0 aliphatic heterocycles. The van der Waals surface area contributed by atoms with Gasteiger partial charge in [0, 0.05) is 11.8 Å². The molecule has 1 aliphatic rings. The van der Waals surface area contributed by atoms with E-state index < -0.39 is 5.97 Å². The van der Waals surface area contributed by atoms with Crippen LogP contribution >= 0.6 is 0 Å². The second-order valence-corrected chi connectivity index (χ2v) is 5.50. The van der Waals surface area contributed by atoms with Crippen LogP contribution in [0.4, 0.5) is 0 Å². The first-order valence-electron chi connectivity index (χ1n) is 7.41. The highest BCUT2D eigenvalue weighted by Crippen LogP contribution is 2.36. The van der Waals surface area contributed by atoms with E-state index in [0.29, 0.717) is 5.92 Å². The van der Waals surface area contributed by atoms with Crippen LogP contribution in [0.3, 0.4) is 0 Å². The van der Waals surface area contributed by atoms with Crippen molar-refractivity contribution < 1.29 is 9.90 Å². The highest BCUT2D eigenvalue weighted by Gasteiger charge is 2.22. The number of carbonyl (C=O) groups is 1. The topological polar surface area (TPSA) is 63.1 Å². The van der Waals surface area contributed by atoms with E-state index in [1.807, 2.05) is 30.3 Å². The minimum absolute atomic E-state index is 0.131. The molecule has 1 aromatic heterocycles. The molecule has 108 valence electrons. The van der Waals surface area contributed by atoms with Gasteiger partial charge in [-0.2, -0.15) is 0 Å². The van der Waals surface area contributed by atoms with Crippen LogP contribution in [0.5, 0.6) is 0 Å². The van der Waals surface area contributed by atoms with E-state index in [9.17, 15) is 4.79 Å². The van der Waals surface area contributed by atoms with Crippen LogP contribution in [0.2, 0.25) is 0 Å². The molecule has 0 atom stereocenters. The molecule has 4 nitrogen and oxygen atoms in total. The zero-order valence-electron chi connectivity index (χ0n) is 11.8. The Bertz CT molecular complexity index is 634. The molecule has 0 saturated heterocycles. The van der Waals surface area contributed by atoms with Gasteiger partial charge >= 0.3 is 5.97 Å². The third-order valence-electron chi connectivity index (χ3n) is 4.10. The summed E-state index contributed by atoms with van der Waals surface area (Å²) in [6.07, 6.45) is 7.71. The van der Waals surface area contributed by atoms with Gasteiger partial charge in [-0.3, -0.25) is 0 Å². The summed E-state index contributed by atoms with van der Waals surface area (Å²) < 4.78 is 0. The lowest BCUT2D eigenvalue weighted by Crippen LogP contribution is -2.11. The zero-order valence-corrected chi connectivity index (χ0v) is 11.8. The monoisotopic (exact) mass is 282 g/mol. The van der Waals surface area contributed by atoms with Crippen molar-refractivity contribution in [3.63, 3.8) is 0 Å². The summed E-state index contributed by atoms with van der Waals surface area (Å²) in [4.78, 5) is 19.5. The second-order valence-electron chi connectivity index (χ2n) is 5.50. The lowest BCUT2D eigenvalue weighted by molar-refractivity contribution is 0.0683. The molecule has 1 aliphatic carbocycles. The summed E-state index contributed by atoms with van der Waals surface area (Å²) >= 11 is 0. The summed E-state index contributed by atoms with van der Waals surface area (Å²) in [6.45, 7) is 0. The van der Waals surface area contributed by atoms with Gasteiger partial charge in [-0.1, -0.05) is 49.6 Å². The minimum Gasteiger partial charge on any atom is -0.475 e. The number of benzene rings is 1. The molecule has 3 rings (SSSR count). The standard InChI is InChI=1S/C17H18N2O2/c20-17(21)16-18-11-14(12-7-3-1-4-8-12)15(19-16)13-9-5-2-6-10-13/h2,5-6,9-12H,1,3-4,7-8H2,(H,20,21). The van der Waals surface area contributed by atoms with Gasteiger partial charge in [0.15, 0.2) is 0 Å². The molecule has 0 bridgehead atoms. The Morgan fingerprint density at radius 2 is 1.81 bits per heavy atom. The Labute approximate surface area is 123 Å². The van der Waals surface area contributed by atoms with E-state index in [-0.39, 0.29) is 5.82 Å². The van der Waals surface area contributed by atoms with E-state index in [1.54, 1.807) is 6.20 Å². The van der Waals surface area contributed by atoms with Crippen LogP contribution in [0.15, 0.2) is 36.5 Å². The fourth-order valence-corrected chi connectivity index (χ4v) is 3.03. The molecule has 1 saturated carbocycles. The van der Waals surface area contributed by atoms with Crippen molar-refractivity contribution in [1.82, 2.24) is 9.97 Å². The SMILES string of the molecule is O=C(O)c1ncc(C2CCCCC2)c(-c2ccccc2)n1. The summed E-state index contributed by atoms with van der Waals surface area (Å²) in [5.41, 5.74) is 2.82. The van der Waals surface area contributed by atoms with Crippen LogP contribution in [-0.2, 0) is 0 Å². The molecule has 1 aromatic carbocycles. The summed E-state index contributed by atoms with van der Waals surface area (Å²) in [6, 6.07) is 9.79. The fraction of sp³-hybridized carbons (Fsp3) is 0.353. The average molecular weight is 282 g/mol. The molecular weight excluding hydrogens is 264 g/mol. The maximum Gasteiger partial charge on any atom is 0.373 e. The van der Waals surface area contributed by atoms with E-state index in [4.69, 9.17) is 5.11 Å². The third kappa shape index (κ3) is 2.94. The van der Waals surface area contributed by atoms with Gasteiger partial charge in [0.05, 0.1) is 5.69 Å². The zero-order chi connectivity index (χ0) is 14.7. The highest BCUT2D eigenvalue weighted by atomic mass is 16.4. The van der Waals surface area contributed by atoms with E-state index >= 15 is 0 Å². The number of carboxylic acid groups (broad SMARTS) is 1. The van der Waals surface area contributed by atoms with Gasteiger partial charge in [-0.05, 0) is 24.3 Å². The molecular formula is C17H18N2O2. The molecule has 1 fully saturated rings. The van der Waals surface area contributed by atoms with Gasteiger partial charge in [0.25, 0.3) is 0 Å². The molecule has 2 aromatic rings. The van der Waals surface area contributed by atoms with Gasteiger partial charge in [-0.15, -0.1) is 0 Å². The molecule has 1 heterocycles. The first-order valence-corrected chi connectivity index (χ1v) is 7.41. The first kappa shape index (κ1) is 13.7. The average Bonchev–Trinajstić information content (AvgIpc) is 2.56. The minimum atomic E-state index is -1.08. The number of hydrogen-bond donors (Lipinski definition) is 1. The summed E-state index contributed by atoms with van der Waals surface area (Å²) in [5.74, 6) is -0.771. The molecule has 0 amide bonds. The van der Waals surface area contributed by atoms with Crippen LogP contribution in [0, 0.1) is 0 Å². The molecule has 1 N–H and O–H groups in total. The normalized spacial score (nSPS) is 15.8. The maximum atomic E-state index is 11.1.